The number of halogens is 1. The molecule has 2 amide bonds. The summed E-state index contributed by atoms with van der Waals surface area (Å²) in [4.78, 5) is 22.1. The Labute approximate surface area is 99.5 Å². The number of amides is 2. The van der Waals surface area contributed by atoms with Crippen LogP contribution in [0.3, 0.4) is 0 Å². The second kappa shape index (κ2) is 4.99. The van der Waals surface area contributed by atoms with E-state index >= 15 is 0 Å². The number of nitrogens with zero attached hydrogens (tertiary/aromatic N) is 2. The molecule has 3 atom stereocenters. The van der Waals surface area contributed by atoms with Crippen LogP contribution in [0.1, 0.15) is 25.7 Å². The number of urea groups is 1. The maximum absolute atomic E-state index is 11.7. The van der Waals surface area contributed by atoms with Crippen LogP contribution in [0.4, 0.5) is 4.79 Å². The Bertz CT molecular complexity index is 287. The van der Waals surface area contributed by atoms with E-state index in [0.717, 1.165) is 17.3 Å². The molecule has 0 heterocycles. The molecule has 0 spiro atoms. The predicted molar refractivity (Wildman–Crippen MR) is 61.0 cm³/mol. The van der Waals surface area contributed by atoms with Crippen LogP contribution in [0.5, 0.6) is 0 Å². The number of nitroso groups, excluding NO2 is 1. The lowest BCUT2D eigenvalue weighted by atomic mass is 9.95. The maximum atomic E-state index is 11.7. The minimum absolute atomic E-state index is 0.164. The molecule has 2 aliphatic carbocycles. The van der Waals surface area contributed by atoms with Crippen LogP contribution >= 0.6 is 11.6 Å². The van der Waals surface area contributed by atoms with Gasteiger partial charge in [-0.1, -0.05) is 6.42 Å². The summed E-state index contributed by atoms with van der Waals surface area (Å²) in [5.41, 5.74) is 0. The summed E-state index contributed by atoms with van der Waals surface area (Å²) in [5.74, 6) is 1.58. The molecule has 1 N–H and O–H groups in total. The van der Waals surface area contributed by atoms with Gasteiger partial charge in [0.2, 0.25) is 0 Å². The first-order chi connectivity index (χ1) is 7.74. The Morgan fingerprint density at radius 1 is 1.44 bits per heavy atom. The summed E-state index contributed by atoms with van der Waals surface area (Å²) < 4.78 is 0. The van der Waals surface area contributed by atoms with Gasteiger partial charge in [-0.3, -0.25) is 0 Å². The zero-order valence-corrected chi connectivity index (χ0v) is 9.82. The number of rotatable bonds is 4. The van der Waals surface area contributed by atoms with Crippen LogP contribution in [-0.4, -0.2) is 29.5 Å². The molecule has 6 heteroatoms. The molecule has 5 nitrogen and oxygen atoms in total. The molecule has 90 valence electrons. The fourth-order valence-corrected chi connectivity index (χ4v) is 3.07. The molecule has 2 aliphatic rings. The highest BCUT2D eigenvalue weighted by Crippen LogP contribution is 2.44. The molecular formula is C10H16ClN3O2. The van der Waals surface area contributed by atoms with E-state index in [4.69, 9.17) is 11.6 Å². The van der Waals surface area contributed by atoms with E-state index in [9.17, 15) is 9.70 Å². The van der Waals surface area contributed by atoms with Crippen molar-refractivity contribution in [3.63, 3.8) is 0 Å². The number of hydrogen-bond donors (Lipinski definition) is 1. The first-order valence-electron chi connectivity index (χ1n) is 5.72. The van der Waals surface area contributed by atoms with Crippen molar-refractivity contribution in [2.75, 3.05) is 12.4 Å². The minimum atomic E-state index is -0.409. The van der Waals surface area contributed by atoms with E-state index < -0.39 is 6.03 Å². The van der Waals surface area contributed by atoms with Gasteiger partial charge < -0.3 is 5.32 Å². The van der Waals surface area contributed by atoms with Crippen molar-refractivity contribution in [2.45, 2.75) is 31.7 Å². The van der Waals surface area contributed by atoms with Gasteiger partial charge in [0.25, 0.3) is 0 Å². The normalized spacial score (nSPS) is 31.4. The largest absolute Gasteiger partial charge is 0.340 e. The van der Waals surface area contributed by atoms with Gasteiger partial charge in [0.05, 0.1) is 11.8 Å². The molecule has 16 heavy (non-hydrogen) atoms. The maximum Gasteiger partial charge on any atom is 0.340 e. The fraction of sp³-hybridized carbons (Fsp3) is 0.900. The molecule has 0 aromatic carbocycles. The molecule has 0 saturated heterocycles. The third kappa shape index (κ3) is 2.29. The minimum Gasteiger partial charge on any atom is -0.333 e. The summed E-state index contributed by atoms with van der Waals surface area (Å²) in [5, 5.41) is 6.41. The zero-order valence-electron chi connectivity index (χ0n) is 9.06. The lowest BCUT2D eigenvalue weighted by Gasteiger charge is -2.24. The highest BCUT2D eigenvalue weighted by atomic mass is 35.5. The highest BCUT2D eigenvalue weighted by Gasteiger charge is 2.40. The summed E-state index contributed by atoms with van der Waals surface area (Å²) >= 11 is 5.48. The molecular weight excluding hydrogens is 230 g/mol. The summed E-state index contributed by atoms with van der Waals surface area (Å²) in [7, 11) is 0. The van der Waals surface area contributed by atoms with Crippen LogP contribution in [0.15, 0.2) is 5.29 Å². The lowest BCUT2D eigenvalue weighted by molar-refractivity contribution is 0.192. The predicted octanol–water partition coefficient (Wildman–Crippen LogP) is 2.11. The van der Waals surface area contributed by atoms with Gasteiger partial charge in [-0.2, -0.15) is 5.01 Å². The van der Waals surface area contributed by atoms with Crippen molar-refractivity contribution in [3.8, 4) is 0 Å². The van der Waals surface area contributed by atoms with Gasteiger partial charge in [0, 0.05) is 11.9 Å². The smallest absolute Gasteiger partial charge is 0.333 e. The van der Waals surface area contributed by atoms with Crippen molar-refractivity contribution < 1.29 is 4.79 Å². The Hall–Kier alpha value is -0.840. The van der Waals surface area contributed by atoms with Crippen molar-refractivity contribution in [3.05, 3.63) is 4.91 Å². The molecule has 0 unspecified atom stereocenters. The van der Waals surface area contributed by atoms with Gasteiger partial charge in [0.1, 0.15) is 0 Å². The Balaban J connectivity index is 1.84. The summed E-state index contributed by atoms with van der Waals surface area (Å²) in [6.45, 7) is 0.164. The molecule has 2 bridgehead atoms. The van der Waals surface area contributed by atoms with E-state index in [1.165, 1.54) is 19.3 Å². The molecule has 0 aromatic rings. The van der Waals surface area contributed by atoms with Gasteiger partial charge >= 0.3 is 6.03 Å². The number of alkyl halides is 1. The fourth-order valence-electron chi connectivity index (χ4n) is 2.91. The second-order valence-electron chi connectivity index (χ2n) is 4.62. The van der Waals surface area contributed by atoms with E-state index in [1.54, 1.807) is 0 Å². The average molecular weight is 246 g/mol. The molecule has 0 aliphatic heterocycles. The quantitative estimate of drug-likeness (QED) is 0.468. The lowest BCUT2D eigenvalue weighted by Crippen LogP contribution is -2.45. The second-order valence-corrected chi connectivity index (χ2v) is 5.00. The number of nitrogens with one attached hydrogen (secondary N) is 1. The van der Waals surface area contributed by atoms with Gasteiger partial charge in [-0.05, 0) is 31.1 Å². The zero-order chi connectivity index (χ0) is 11.5. The number of fused-ring (bicyclic) bond motifs is 2. The Morgan fingerprint density at radius 2 is 2.25 bits per heavy atom. The van der Waals surface area contributed by atoms with Gasteiger partial charge in [0.15, 0.2) is 0 Å². The van der Waals surface area contributed by atoms with E-state index in [-0.39, 0.29) is 18.5 Å². The monoisotopic (exact) mass is 245 g/mol. The Morgan fingerprint density at radius 3 is 2.75 bits per heavy atom. The topological polar surface area (TPSA) is 61.8 Å². The van der Waals surface area contributed by atoms with Crippen LogP contribution < -0.4 is 5.32 Å². The summed E-state index contributed by atoms with van der Waals surface area (Å²) in [6.07, 6.45) is 4.74. The molecule has 2 saturated carbocycles. The van der Waals surface area contributed by atoms with Crippen molar-refractivity contribution in [1.82, 2.24) is 10.3 Å². The highest BCUT2D eigenvalue weighted by molar-refractivity contribution is 6.18. The first-order valence-corrected chi connectivity index (χ1v) is 6.25. The van der Waals surface area contributed by atoms with E-state index in [2.05, 4.69) is 10.6 Å². The first kappa shape index (κ1) is 11.6. The SMILES string of the molecule is O=NN(CCCl)C(=O)N[C@H]1C[C@H]2CC[C@@H]1C2. The third-order valence-corrected chi connectivity index (χ3v) is 3.85. The van der Waals surface area contributed by atoms with E-state index in [0.29, 0.717) is 5.92 Å². The van der Waals surface area contributed by atoms with Crippen LogP contribution in [-0.2, 0) is 0 Å². The number of carbonyl (C=O) groups is 1. The van der Waals surface area contributed by atoms with Crippen LogP contribution in [0.25, 0.3) is 0 Å². The summed E-state index contributed by atoms with van der Waals surface area (Å²) in [6, 6.07) is -0.181. The molecule has 0 radical (unpaired) electrons. The molecule has 0 aromatic heterocycles. The van der Waals surface area contributed by atoms with Crippen LogP contribution in [0.2, 0.25) is 0 Å². The van der Waals surface area contributed by atoms with Gasteiger partial charge in [-0.25, -0.2) is 4.79 Å². The molecule has 2 rings (SSSR count). The Kier molecular flexibility index (Phi) is 3.63. The van der Waals surface area contributed by atoms with E-state index in [1.807, 2.05) is 0 Å². The molecule has 2 fully saturated rings. The van der Waals surface area contributed by atoms with Crippen LogP contribution in [0, 0.1) is 16.7 Å². The average Bonchev–Trinajstić information content (AvgIpc) is 2.87. The van der Waals surface area contributed by atoms with Gasteiger partial charge in [-0.15, -0.1) is 16.5 Å². The number of carbonyl (C=O) groups excluding carboxylic acids is 1. The van der Waals surface area contributed by atoms with Crippen molar-refractivity contribution in [2.24, 2.45) is 17.1 Å². The standard InChI is InChI=1S/C10H16ClN3O2/c11-3-4-14(13-16)10(15)12-9-6-7-1-2-8(9)5-7/h7-9H,1-6H2,(H,12,15)/t7-,8+,9-/m0/s1. The third-order valence-electron chi connectivity index (χ3n) is 3.68. The van der Waals surface area contributed by atoms with Crippen molar-refractivity contribution >= 4 is 17.6 Å². The van der Waals surface area contributed by atoms with Crippen molar-refractivity contribution in [1.29, 1.82) is 0 Å². The number of hydrogen-bond acceptors (Lipinski definition) is 3.